The number of carbonyl (C=O) groups excluding carboxylic acids is 1. The number of esters is 1. The van der Waals surface area contributed by atoms with Crippen LogP contribution in [0.3, 0.4) is 0 Å². The summed E-state index contributed by atoms with van der Waals surface area (Å²) in [6, 6.07) is 23.1. The molecule has 3 saturated heterocycles. The summed E-state index contributed by atoms with van der Waals surface area (Å²) >= 11 is 0. The Kier molecular flexibility index (Phi) is 9.16. The summed E-state index contributed by atoms with van der Waals surface area (Å²) in [5.74, 6) is 1.34. The van der Waals surface area contributed by atoms with Crippen molar-refractivity contribution in [2.75, 3.05) is 26.7 Å². The number of piperidine rings is 3. The number of methoxy groups -OCH3 is 1. The zero-order chi connectivity index (χ0) is 26.0. The number of rotatable bonds is 7. The van der Waals surface area contributed by atoms with E-state index < -0.39 is 12.1 Å². The van der Waals surface area contributed by atoms with Gasteiger partial charge >= 0.3 is 12.1 Å². The number of fused-ring (bicyclic) bond motifs is 3. The molecule has 0 saturated carbocycles. The number of hydrogen-bond acceptors (Lipinski definition) is 5. The third-order valence-electron chi connectivity index (χ3n) is 6.93. The Morgan fingerprint density at radius 3 is 2.11 bits per heavy atom. The minimum atomic E-state index is -1.10. The molecule has 2 N–H and O–H groups in total. The van der Waals surface area contributed by atoms with Gasteiger partial charge in [-0.15, -0.1) is 0 Å². The summed E-state index contributed by atoms with van der Waals surface area (Å²) in [7, 11) is 1.34. The second kappa shape index (κ2) is 12.9. The molecule has 0 aliphatic carbocycles. The Balaban J connectivity index is 0.000000335. The van der Waals surface area contributed by atoms with Gasteiger partial charge in [-0.3, -0.25) is 0 Å². The second-order valence-corrected chi connectivity index (χ2v) is 9.42. The van der Waals surface area contributed by atoms with E-state index in [-0.39, 0.29) is 5.97 Å². The summed E-state index contributed by atoms with van der Waals surface area (Å²) in [5, 5.41) is 11.8. The lowest BCUT2D eigenvalue weighted by Crippen LogP contribution is -2.41. The molecule has 1 amide bonds. The van der Waals surface area contributed by atoms with E-state index in [1.165, 1.54) is 46.0 Å². The van der Waals surface area contributed by atoms with Gasteiger partial charge in [0.05, 0.1) is 18.7 Å². The summed E-state index contributed by atoms with van der Waals surface area (Å²) in [6.07, 6.45) is 3.36. The van der Waals surface area contributed by atoms with Gasteiger partial charge in [0, 0.05) is 0 Å². The smallest absolute Gasteiger partial charge is 0.405 e. The number of ether oxygens (including phenoxy) is 2. The van der Waals surface area contributed by atoms with Crippen LogP contribution in [0.2, 0.25) is 0 Å². The first kappa shape index (κ1) is 26.2. The van der Waals surface area contributed by atoms with Crippen LogP contribution in [0.15, 0.2) is 78.9 Å². The highest BCUT2D eigenvalue weighted by molar-refractivity contribution is 5.89. The maximum absolute atomic E-state index is 11.5. The topological polar surface area (TPSA) is 88.1 Å². The maximum Gasteiger partial charge on any atom is 0.405 e. The van der Waals surface area contributed by atoms with Gasteiger partial charge in [0.25, 0.3) is 0 Å². The van der Waals surface area contributed by atoms with Crippen LogP contribution >= 0.6 is 0 Å². The highest BCUT2D eigenvalue weighted by Gasteiger charge is 2.24. The molecule has 3 aliphatic rings. The van der Waals surface area contributed by atoms with Gasteiger partial charge in [0.15, 0.2) is 0 Å². The number of amides is 1. The molecule has 3 heterocycles. The molecule has 0 aromatic heterocycles. The minimum Gasteiger partial charge on any atom is -0.489 e. The van der Waals surface area contributed by atoms with Gasteiger partial charge in [-0.2, -0.15) is 0 Å². The third-order valence-corrected chi connectivity index (χ3v) is 6.93. The molecule has 3 aromatic carbocycles. The van der Waals surface area contributed by atoms with Crippen LogP contribution < -0.4 is 10.1 Å². The molecular formula is C30H34N2O5. The monoisotopic (exact) mass is 502 g/mol. The summed E-state index contributed by atoms with van der Waals surface area (Å²) in [5.41, 5.74) is 2.98. The third kappa shape index (κ3) is 7.57. The Labute approximate surface area is 218 Å². The van der Waals surface area contributed by atoms with Crippen molar-refractivity contribution in [2.45, 2.75) is 31.9 Å². The fraction of sp³-hybridized carbons (Fsp3) is 0.333. The van der Waals surface area contributed by atoms with E-state index in [0.29, 0.717) is 17.9 Å². The zero-order valence-corrected chi connectivity index (χ0v) is 21.1. The van der Waals surface area contributed by atoms with E-state index in [0.717, 1.165) is 22.6 Å². The SMILES string of the molecule is C1CN2CCC1CC2.COC(=O)c1ccc(COc2cccc(C(NC(=O)O)c3ccccc3)c2)cc1. The van der Waals surface area contributed by atoms with Crippen LogP contribution in [0.1, 0.15) is 52.4 Å². The number of hydrogen-bond donors (Lipinski definition) is 2. The van der Waals surface area contributed by atoms with Crippen molar-refractivity contribution in [3.8, 4) is 5.75 Å². The molecule has 1 atom stereocenters. The van der Waals surface area contributed by atoms with Crippen LogP contribution in [0, 0.1) is 5.92 Å². The minimum absolute atomic E-state index is 0.313. The first-order valence-electron chi connectivity index (χ1n) is 12.7. The molecule has 7 heteroatoms. The quantitative estimate of drug-likeness (QED) is 0.414. The average molecular weight is 503 g/mol. The van der Waals surface area contributed by atoms with Gasteiger partial charge in [0.1, 0.15) is 12.4 Å². The zero-order valence-electron chi connectivity index (χ0n) is 21.1. The molecule has 194 valence electrons. The van der Waals surface area contributed by atoms with Crippen molar-refractivity contribution >= 4 is 12.1 Å². The Morgan fingerprint density at radius 2 is 1.57 bits per heavy atom. The van der Waals surface area contributed by atoms with Crippen molar-refractivity contribution in [3.05, 3.63) is 101 Å². The predicted octanol–water partition coefficient (Wildman–Crippen LogP) is 5.51. The van der Waals surface area contributed by atoms with Crippen LogP contribution in [-0.4, -0.2) is 48.8 Å². The average Bonchev–Trinajstić information content (AvgIpc) is 2.96. The molecule has 2 bridgehead atoms. The van der Waals surface area contributed by atoms with E-state index in [4.69, 9.17) is 4.74 Å². The van der Waals surface area contributed by atoms with Gasteiger partial charge < -0.3 is 24.8 Å². The Morgan fingerprint density at radius 1 is 0.919 bits per heavy atom. The standard InChI is InChI=1S/C23H21NO5.C7H13N/c1-28-22(25)18-12-10-16(11-13-18)15-29-20-9-5-8-19(14-20)21(24-23(26)27)17-6-3-2-4-7-17;1-4-8-5-2-7(1)3-6-8/h2-14,21,24H,15H2,1H3,(H,26,27);7H,1-6H2. The van der Waals surface area contributed by atoms with Crippen molar-refractivity contribution in [3.63, 3.8) is 0 Å². The van der Waals surface area contributed by atoms with Gasteiger partial charge in [0.2, 0.25) is 0 Å². The van der Waals surface area contributed by atoms with Gasteiger partial charge in [-0.05, 0) is 85.8 Å². The molecule has 3 aliphatic heterocycles. The molecule has 3 fully saturated rings. The lowest BCUT2D eigenvalue weighted by atomic mass is 9.89. The molecule has 37 heavy (non-hydrogen) atoms. The van der Waals surface area contributed by atoms with Crippen molar-refractivity contribution in [1.29, 1.82) is 0 Å². The molecule has 6 rings (SSSR count). The molecular weight excluding hydrogens is 468 g/mol. The number of nitrogens with one attached hydrogen (secondary N) is 1. The molecule has 0 radical (unpaired) electrons. The van der Waals surface area contributed by atoms with E-state index in [1.807, 2.05) is 54.6 Å². The Hall–Kier alpha value is -3.84. The van der Waals surface area contributed by atoms with Crippen LogP contribution in [0.5, 0.6) is 5.75 Å². The number of benzene rings is 3. The maximum atomic E-state index is 11.5. The second-order valence-electron chi connectivity index (χ2n) is 9.42. The first-order valence-corrected chi connectivity index (χ1v) is 12.7. The first-order chi connectivity index (χ1) is 18.0. The summed E-state index contributed by atoms with van der Waals surface area (Å²) in [6.45, 7) is 4.49. The van der Waals surface area contributed by atoms with Crippen LogP contribution in [-0.2, 0) is 11.3 Å². The van der Waals surface area contributed by atoms with Crippen LogP contribution in [0.4, 0.5) is 4.79 Å². The largest absolute Gasteiger partial charge is 0.489 e. The van der Waals surface area contributed by atoms with Crippen molar-refractivity contribution in [2.24, 2.45) is 5.92 Å². The fourth-order valence-electron chi connectivity index (χ4n) is 4.80. The van der Waals surface area contributed by atoms with Gasteiger partial charge in [-0.1, -0.05) is 54.6 Å². The summed E-state index contributed by atoms with van der Waals surface area (Å²) < 4.78 is 10.5. The van der Waals surface area contributed by atoms with Crippen LogP contribution in [0.25, 0.3) is 0 Å². The lowest BCUT2D eigenvalue weighted by molar-refractivity contribution is 0.0600. The van der Waals surface area contributed by atoms with E-state index in [1.54, 1.807) is 24.3 Å². The lowest BCUT2D eigenvalue weighted by Gasteiger charge is -2.38. The van der Waals surface area contributed by atoms with Gasteiger partial charge in [-0.25, -0.2) is 9.59 Å². The van der Waals surface area contributed by atoms with E-state index in [9.17, 15) is 14.7 Å². The Bertz CT molecular complexity index is 1140. The van der Waals surface area contributed by atoms with E-state index in [2.05, 4.69) is 15.0 Å². The fourth-order valence-corrected chi connectivity index (χ4v) is 4.80. The summed E-state index contributed by atoms with van der Waals surface area (Å²) in [4.78, 5) is 25.4. The van der Waals surface area contributed by atoms with E-state index >= 15 is 0 Å². The highest BCUT2D eigenvalue weighted by Crippen LogP contribution is 2.27. The molecule has 3 aromatic rings. The molecule has 7 nitrogen and oxygen atoms in total. The molecule has 0 spiro atoms. The normalized spacial score (nSPS) is 18.6. The predicted molar refractivity (Wildman–Crippen MR) is 142 cm³/mol. The number of nitrogens with zero attached hydrogens (tertiary/aromatic N) is 1. The highest BCUT2D eigenvalue weighted by atomic mass is 16.5. The van der Waals surface area contributed by atoms with Crippen molar-refractivity contribution < 1.29 is 24.2 Å². The molecule has 1 unspecified atom stereocenters. The number of carbonyl (C=O) groups is 2. The number of carboxylic acid groups (broad SMARTS) is 1. The van der Waals surface area contributed by atoms with Crippen molar-refractivity contribution in [1.82, 2.24) is 10.2 Å².